The molecule has 0 radical (unpaired) electrons. The van der Waals surface area contributed by atoms with E-state index >= 15 is 0 Å². The van der Waals surface area contributed by atoms with Gasteiger partial charge in [0.1, 0.15) is 18.7 Å². The third-order valence-corrected chi connectivity index (χ3v) is 7.50. The minimum atomic E-state index is -0.799. The summed E-state index contributed by atoms with van der Waals surface area (Å²) in [4.78, 5) is 45.2. The minimum absolute atomic E-state index is 0.00347. The van der Waals surface area contributed by atoms with Crippen LogP contribution in [0.2, 0.25) is 0 Å². The first-order chi connectivity index (χ1) is 18.9. The van der Waals surface area contributed by atoms with Crippen LogP contribution < -0.4 is 10.2 Å². The van der Waals surface area contributed by atoms with Gasteiger partial charge in [-0.3, -0.25) is 14.4 Å². The molecule has 0 bridgehead atoms. The summed E-state index contributed by atoms with van der Waals surface area (Å²) in [6, 6.07) is 27.2. The fraction of sp³-hybridized carbons (Fsp3) is 0.323. The predicted molar refractivity (Wildman–Crippen MR) is 150 cm³/mol. The van der Waals surface area contributed by atoms with Gasteiger partial charge in [-0.2, -0.15) is 0 Å². The Hall–Kier alpha value is -4.17. The zero-order valence-electron chi connectivity index (χ0n) is 22.2. The number of rotatable bonds is 8. The van der Waals surface area contributed by atoms with Gasteiger partial charge in [0.15, 0.2) is 0 Å². The van der Waals surface area contributed by atoms with Crippen LogP contribution in [0.4, 0.5) is 11.4 Å². The van der Waals surface area contributed by atoms with Crippen LogP contribution in [0.25, 0.3) is 0 Å². The number of nitrogens with zero attached hydrogens (tertiary/aromatic N) is 3. The molecule has 2 fully saturated rings. The Bertz CT molecular complexity index is 1310. The molecule has 5 rings (SSSR count). The predicted octanol–water partition coefficient (Wildman–Crippen LogP) is 3.82. The average Bonchev–Trinajstić information content (AvgIpc) is 3.20. The van der Waals surface area contributed by atoms with Crippen molar-refractivity contribution in [2.24, 2.45) is 0 Å². The highest BCUT2D eigenvalue weighted by molar-refractivity contribution is 5.99. The summed E-state index contributed by atoms with van der Waals surface area (Å²) in [7, 11) is 0. The first kappa shape index (κ1) is 26.4. The van der Waals surface area contributed by atoms with Gasteiger partial charge in [-0.05, 0) is 55.2 Å². The van der Waals surface area contributed by atoms with E-state index in [0.29, 0.717) is 44.9 Å². The van der Waals surface area contributed by atoms with Crippen LogP contribution in [-0.2, 0) is 25.7 Å². The van der Waals surface area contributed by atoms with Crippen molar-refractivity contribution in [2.45, 2.75) is 31.9 Å². The highest BCUT2D eigenvalue weighted by Gasteiger charge is 2.54. The van der Waals surface area contributed by atoms with Crippen LogP contribution in [0.3, 0.4) is 0 Å². The number of benzene rings is 3. The number of amides is 3. The molecule has 1 spiro atoms. The Kier molecular flexibility index (Phi) is 7.93. The number of nitrogens with one attached hydrogen (secondary N) is 1. The molecule has 0 unspecified atom stereocenters. The number of carbonyl (C=O) groups excluding carboxylic acids is 3. The van der Waals surface area contributed by atoms with Crippen LogP contribution in [0.5, 0.6) is 0 Å². The Morgan fingerprint density at radius 3 is 2.31 bits per heavy atom. The molecule has 3 aromatic rings. The number of hydrogen-bond donors (Lipinski definition) is 1. The molecule has 2 aliphatic rings. The molecular weight excluding hydrogens is 492 g/mol. The van der Waals surface area contributed by atoms with Crippen molar-refractivity contribution < 1.29 is 19.1 Å². The van der Waals surface area contributed by atoms with Gasteiger partial charge in [-0.15, -0.1) is 0 Å². The lowest BCUT2D eigenvalue weighted by atomic mass is 9.85. The lowest BCUT2D eigenvalue weighted by Crippen LogP contribution is -2.57. The molecule has 1 N–H and O–H groups in total. The summed E-state index contributed by atoms with van der Waals surface area (Å²) < 4.78 is 5.66. The molecule has 2 aliphatic heterocycles. The topological polar surface area (TPSA) is 82.2 Å². The molecule has 2 heterocycles. The van der Waals surface area contributed by atoms with Crippen LogP contribution in [0.15, 0.2) is 84.9 Å². The first-order valence-corrected chi connectivity index (χ1v) is 13.3. The Morgan fingerprint density at radius 2 is 1.62 bits per heavy atom. The van der Waals surface area contributed by atoms with Gasteiger partial charge in [-0.1, -0.05) is 60.7 Å². The van der Waals surface area contributed by atoms with Gasteiger partial charge in [0, 0.05) is 24.5 Å². The van der Waals surface area contributed by atoms with Crippen molar-refractivity contribution in [3.8, 4) is 0 Å². The SMILES string of the molecule is Cc1cccc(NC(=O)CN2CN(c3ccccc3)C3(CCN(C(=O)COCc4ccccc4)CC3)C2=O)c1. The Labute approximate surface area is 229 Å². The molecular formula is C31H34N4O4. The Balaban J connectivity index is 1.24. The number of ether oxygens (including phenoxy) is 1. The maximum absolute atomic E-state index is 13.9. The van der Waals surface area contributed by atoms with Crippen molar-refractivity contribution in [3.05, 3.63) is 96.1 Å². The van der Waals surface area contributed by atoms with E-state index in [0.717, 1.165) is 16.8 Å². The van der Waals surface area contributed by atoms with Gasteiger partial charge < -0.3 is 24.8 Å². The number of piperidine rings is 1. The zero-order valence-corrected chi connectivity index (χ0v) is 22.2. The molecule has 2 saturated heterocycles. The van der Waals surface area contributed by atoms with E-state index in [9.17, 15) is 14.4 Å². The summed E-state index contributed by atoms with van der Waals surface area (Å²) in [6.07, 6.45) is 0.975. The number of aryl methyl sites for hydroxylation is 1. The summed E-state index contributed by atoms with van der Waals surface area (Å²) in [5.74, 6) is -0.382. The number of para-hydroxylation sites is 1. The van der Waals surface area contributed by atoms with E-state index in [2.05, 4.69) is 10.2 Å². The second-order valence-corrected chi connectivity index (χ2v) is 10.2. The van der Waals surface area contributed by atoms with Crippen LogP contribution >= 0.6 is 0 Å². The highest BCUT2D eigenvalue weighted by atomic mass is 16.5. The first-order valence-electron chi connectivity index (χ1n) is 13.3. The van der Waals surface area contributed by atoms with E-state index in [-0.39, 0.29) is 30.9 Å². The molecule has 8 nitrogen and oxygen atoms in total. The lowest BCUT2D eigenvalue weighted by Gasteiger charge is -2.43. The maximum Gasteiger partial charge on any atom is 0.250 e. The average molecular weight is 527 g/mol. The van der Waals surface area contributed by atoms with E-state index in [4.69, 9.17) is 4.74 Å². The summed E-state index contributed by atoms with van der Waals surface area (Å²) in [6.45, 7) is 3.53. The number of hydrogen-bond acceptors (Lipinski definition) is 5. The minimum Gasteiger partial charge on any atom is -0.367 e. The Morgan fingerprint density at radius 1 is 0.923 bits per heavy atom. The standard InChI is InChI=1S/C31H34N4O4/c1-24-9-8-12-26(19-24)32-28(36)20-34-23-35(27-13-6-3-7-14-27)31(30(34)38)15-17-33(18-16-31)29(37)22-39-21-25-10-4-2-5-11-25/h2-14,19H,15-18,20-23H2,1H3,(H,32,36). The van der Waals surface area contributed by atoms with E-state index in [1.165, 1.54) is 0 Å². The molecule has 0 saturated carbocycles. The summed E-state index contributed by atoms with van der Waals surface area (Å²) in [5.41, 5.74) is 2.91. The fourth-order valence-electron chi connectivity index (χ4n) is 5.47. The largest absolute Gasteiger partial charge is 0.367 e. The van der Waals surface area contributed by atoms with Crippen LogP contribution in [0.1, 0.15) is 24.0 Å². The van der Waals surface area contributed by atoms with Crippen molar-refractivity contribution >= 4 is 29.1 Å². The zero-order chi connectivity index (χ0) is 27.2. The summed E-state index contributed by atoms with van der Waals surface area (Å²) in [5, 5.41) is 2.91. The smallest absolute Gasteiger partial charge is 0.250 e. The number of likely N-dealkylation sites (tertiary alicyclic amines) is 1. The molecule has 0 atom stereocenters. The third-order valence-electron chi connectivity index (χ3n) is 7.50. The van der Waals surface area contributed by atoms with Crippen molar-refractivity contribution in [2.75, 3.05) is 43.1 Å². The highest BCUT2D eigenvalue weighted by Crippen LogP contribution is 2.39. The van der Waals surface area contributed by atoms with Crippen molar-refractivity contribution in [3.63, 3.8) is 0 Å². The molecule has 8 heteroatoms. The van der Waals surface area contributed by atoms with E-state index in [1.807, 2.05) is 91.9 Å². The molecule has 0 aromatic heterocycles. The maximum atomic E-state index is 13.9. The molecule has 202 valence electrons. The fourth-order valence-corrected chi connectivity index (χ4v) is 5.47. The van der Waals surface area contributed by atoms with Crippen molar-refractivity contribution in [1.82, 2.24) is 9.80 Å². The second-order valence-electron chi connectivity index (χ2n) is 10.2. The van der Waals surface area contributed by atoms with Gasteiger partial charge in [0.25, 0.3) is 5.91 Å². The monoisotopic (exact) mass is 526 g/mol. The third kappa shape index (κ3) is 5.96. The molecule has 39 heavy (non-hydrogen) atoms. The molecule has 3 aromatic carbocycles. The van der Waals surface area contributed by atoms with Crippen LogP contribution in [0, 0.1) is 6.92 Å². The van der Waals surface area contributed by atoms with Crippen molar-refractivity contribution in [1.29, 1.82) is 0 Å². The molecule has 3 amide bonds. The molecule has 0 aliphatic carbocycles. The van der Waals surface area contributed by atoms with E-state index < -0.39 is 5.54 Å². The van der Waals surface area contributed by atoms with Gasteiger partial charge in [0.2, 0.25) is 11.8 Å². The number of anilines is 2. The quantitative estimate of drug-likeness (QED) is 0.483. The van der Waals surface area contributed by atoms with Gasteiger partial charge in [-0.25, -0.2) is 0 Å². The summed E-state index contributed by atoms with van der Waals surface area (Å²) >= 11 is 0. The van der Waals surface area contributed by atoms with Gasteiger partial charge in [0.05, 0.1) is 13.3 Å². The number of carbonyl (C=O) groups is 3. The lowest BCUT2D eigenvalue weighted by molar-refractivity contribution is -0.142. The normalized spacial score (nSPS) is 16.5. The van der Waals surface area contributed by atoms with Crippen LogP contribution in [-0.4, -0.2) is 66.0 Å². The van der Waals surface area contributed by atoms with E-state index in [1.54, 1.807) is 9.80 Å². The van der Waals surface area contributed by atoms with Gasteiger partial charge >= 0.3 is 0 Å². The second kappa shape index (κ2) is 11.7.